The third-order valence-electron chi connectivity index (χ3n) is 2.16. The normalized spacial score (nSPS) is 13.1. The lowest BCUT2D eigenvalue weighted by molar-refractivity contribution is -0.149. The van der Waals surface area contributed by atoms with Gasteiger partial charge in [-0.2, -0.15) is 0 Å². The van der Waals surface area contributed by atoms with Crippen molar-refractivity contribution in [2.45, 2.75) is 19.1 Å². The molecule has 0 aromatic rings. The van der Waals surface area contributed by atoms with E-state index in [9.17, 15) is 24.3 Å². The molecule has 0 aromatic heterocycles. The number of amides is 1. The summed E-state index contributed by atoms with van der Waals surface area (Å²) >= 11 is 0. The highest BCUT2D eigenvalue weighted by Gasteiger charge is 2.22. The number of carbonyl (C=O) groups excluding carboxylic acids is 4. The molecule has 0 bridgehead atoms. The number of carbonyl (C=O) groups is 4. The second-order valence-electron chi connectivity index (χ2n) is 3.76. The van der Waals surface area contributed by atoms with Crippen molar-refractivity contribution in [2.75, 3.05) is 20.8 Å². The van der Waals surface area contributed by atoms with E-state index in [2.05, 4.69) is 19.5 Å². The number of hydrogen-bond donors (Lipinski definition) is 2. The van der Waals surface area contributed by atoms with Crippen molar-refractivity contribution in [3.8, 4) is 0 Å². The molecule has 0 fully saturated rings. The summed E-state index contributed by atoms with van der Waals surface area (Å²) in [5.74, 6) is -3.28. The number of aliphatic hydroxyl groups excluding tert-OH is 1. The molecule has 0 aromatic carbocycles. The fourth-order valence-corrected chi connectivity index (χ4v) is 1.03. The SMILES string of the molecule is COC(=O)/C=C/C(=O)OCC(O)C(=O)N[C@@H](C)C(=O)OC. The van der Waals surface area contributed by atoms with Gasteiger partial charge in [-0.05, 0) is 6.92 Å². The maximum Gasteiger partial charge on any atom is 0.331 e. The van der Waals surface area contributed by atoms with E-state index in [0.29, 0.717) is 0 Å². The van der Waals surface area contributed by atoms with Crippen LogP contribution in [0.5, 0.6) is 0 Å². The van der Waals surface area contributed by atoms with E-state index in [-0.39, 0.29) is 0 Å². The van der Waals surface area contributed by atoms with Crippen LogP contribution in [0, 0.1) is 0 Å². The van der Waals surface area contributed by atoms with E-state index in [4.69, 9.17) is 0 Å². The molecule has 2 atom stereocenters. The second-order valence-corrected chi connectivity index (χ2v) is 3.76. The Bertz CT molecular complexity index is 431. The summed E-state index contributed by atoms with van der Waals surface area (Å²) < 4.78 is 13.2. The van der Waals surface area contributed by atoms with Gasteiger partial charge in [0.15, 0.2) is 6.10 Å². The number of methoxy groups -OCH3 is 2. The van der Waals surface area contributed by atoms with Crippen LogP contribution in [0.15, 0.2) is 12.2 Å². The average molecular weight is 303 g/mol. The van der Waals surface area contributed by atoms with Crippen molar-refractivity contribution < 1.29 is 38.5 Å². The van der Waals surface area contributed by atoms with Crippen molar-refractivity contribution in [3.63, 3.8) is 0 Å². The van der Waals surface area contributed by atoms with Gasteiger partial charge in [0.05, 0.1) is 14.2 Å². The molecule has 0 aliphatic heterocycles. The van der Waals surface area contributed by atoms with E-state index in [0.717, 1.165) is 26.4 Å². The maximum absolute atomic E-state index is 11.4. The first-order valence-corrected chi connectivity index (χ1v) is 5.80. The Morgan fingerprint density at radius 3 is 2.19 bits per heavy atom. The van der Waals surface area contributed by atoms with Gasteiger partial charge in [0, 0.05) is 12.2 Å². The number of ether oxygens (including phenoxy) is 3. The number of hydrogen-bond acceptors (Lipinski definition) is 8. The van der Waals surface area contributed by atoms with Gasteiger partial charge in [-0.3, -0.25) is 4.79 Å². The predicted octanol–water partition coefficient (Wildman–Crippen LogP) is -1.70. The molecule has 0 heterocycles. The molecule has 0 aliphatic carbocycles. The minimum atomic E-state index is -1.66. The van der Waals surface area contributed by atoms with Crippen LogP contribution in [0.2, 0.25) is 0 Å². The largest absolute Gasteiger partial charge is 0.467 e. The third kappa shape index (κ3) is 7.67. The zero-order chi connectivity index (χ0) is 16.4. The number of esters is 3. The molecule has 21 heavy (non-hydrogen) atoms. The van der Waals surface area contributed by atoms with Gasteiger partial charge in [0.2, 0.25) is 0 Å². The highest BCUT2D eigenvalue weighted by atomic mass is 16.5. The summed E-state index contributed by atoms with van der Waals surface area (Å²) in [6.45, 7) is 0.728. The molecule has 1 unspecified atom stereocenters. The summed E-state index contributed by atoms with van der Waals surface area (Å²) in [6.07, 6.45) is -0.0469. The van der Waals surface area contributed by atoms with Crippen molar-refractivity contribution in [3.05, 3.63) is 12.2 Å². The van der Waals surface area contributed by atoms with E-state index in [1.807, 2.05) is 0 Å². The van der Waals surface area contributed by atoms with Crippen LogP contribution in [0.4, 0.5) is 0 Å². The van der Waals surface area contributed by atoms with E-state index < -0.39 is 42.6 Å². The number of nitrogens with one attached hydrogen (secondary N) is 1. The molecular formula is C12H17NO8. The molecule has 0 rings (SSSR count). The second kappa shape index (κ2) is 9.48. The zero-order valence-electron chi connectivity index (χ0n) is 11.8. The van der Waals surface area contributed by atoms with Crippen LogP contribution in [-0.4, -0.2) is 61.9 Å². The van der Waals surface area contributed by atoms with Crippen LogP contribution >= 0.6 is 0 Å². The van der Waals surface area contributed by atoms with Crippen LogP contribution in [-0.2, 0) is 33.4 Å². The highest BCUT2D eigenvalue weighted by molar-refractivity contribution is 5.92. The van der Waals surface area contributed by atoms with Crippen LogP contribution in [0.25, 0.3) is 0 Å². The molecule has 118 valence electrons. The standard InChI is InChI=1S/C12H17NO8/c1-7(12(18)20-3)13-11(17)8(14)6-21-10(16)5-4-9(15)19-2/h4-5,7-8,14H,6H2,1-3H3,(H,13,17)/b5-4+/t7-,8?/m0/s1. The fourth-order valence-electron chi connectivity index (χ4n) is 1.03. The van der Waals surface area contributed by atoms with Crippen LogP contribution in [0.1, 0.15) is 6.92 Å². The third-order valence-corrected chi connectivity index (χ3v) is 2.16. The topological polar surface area (TPSA) is 128 Å². The van der Waals surface area contributed by atoms with Crippen molar-refractivity contribution in [1.82, 2.24) is 5.32 Å². The Kier molecular flexibility index (Phi) is 8.39. The maximum atomic E-state index is 11.4. The van der Waals surface area contributed by atoms with E-state index >= 15 is 0 Å². The highest BCUT2D eigenvalue weighted by Crippen LogP contribution is 1.92. The van der Waals surface area contributed by atoms with Crippen molar-refractivity contribution in [1.29, 1.82) is 0 Å². The quantitative estimate of drug-likeness (QED) is 0.323. The van der Waals surface area contributed by atoms with Crippen LogP contribution in [0.3, 0.4) is 0 Å². The average Bonchev–Trinajstić information content (AvgIpc) is 2.48. The van der Waals surface area contributed by atoms with Gasteiger partial charge in [0.25, 0.3) is 5.91 Å². The molecule has 9 heteroatoms. The monoisotopic (exact) mass is 303 g/mol. The molecule has 0 saturated carbocycles. The first-order chi connectivity index (χ1) is 9.81. The van der Waals surface area contributed by atoms with E-state index in [1.165, 1.54) is 6.92 Å². The van der Waals surface area contributed by atoms with Gasteiger partial charge in [0.1, 0.15) is 12.6 Å². The molecular weight excluding hydrogens is 286 g/mol. The Balaban J connectivity index is 4.19. The molecule has 1 amide bonds. The smallest absolute Gasteiger partial charge is 0.331 e. The fraction of sp³-hybridized carbons (Fsp3) is 0.500. The van der Waals surface area contributed by atoms with Gasteiger partial charge < -0.3 is 24.6 Å². The molecule has 2 N–H and O–H groups in total. The lowest BCUT2D eigenvalue weighted by atomic mass is 10.3. The Hall–Kier alpha value is -2.42. The molecule has 9 nitrogen and oxygen atoms in total. The minimum Gasteiger partial charge on any atom is -0.467 e. The van der Waals surface area contributed by atoms with Gasteiger partial charge >= 0.3 is 17.9 Å². The lowest BCUT2D eigenvalue weighted by Crippen LogP contribution is -2.45. The van der Waals surface area contributed by atoms with Gasteiger partial charge in [-0.15, -0.1) is 0 Å². The van der Waals surface area contributed by atoms with Crippen LogP contribution < -0.4 is 5.32 Å². The Labute approximate surface area is 120 Å². The summed E-state index contributed by atoms with van der Waals surface area (Å²) in [4.78, 5) is 44.3. The summed E-state index contributed by atoms with van der Waals surface area (Å²) in [7, 11) is 2.28. The Morgan fingerprint density at radius 1 is 1.10 bits per heavy atom. The summed E-state index contributed by atoms with van der Waals surface area (Å²) in [6, 6.07) is -0.952. The first-order valence-electron chi connectivity index (χ1n) is 5.80. The molecule has 0 aliphatic rings. The summed E-state index contributed by atoms with van der Waals surface area (Å²) in [5.41, 5.74) is 0. The first kappa shape index (κ1) is 18.6. The van der Waals surface area contributed by atoms with Gasteiger partial charge in [-0.1, -0.05) is 0 Å². The Morgan fingerprint density at radius 2 is 1.67 bits per heavy atom. The van der Waals surface area contributed by atoms with E-state index in [1.54, 1.807) is 0 Å². The number of rotatable bonds is 7. The minimum absolute atomic E-state index is 0.635. The van der Waals surface area contributed by atoms with Crippen molar-refractivity contribution in [2.24, 2.45) is 0 Å². The molecule has 0 saturated heterocycles. The molecule has 0 spiro atoms. The van der Waals surface area contributed by atoms with Crippen molar-refractivity contribution >= 4 is 23.8 Å². The number of aliphatic hydroxyl groups is 1. The molecule has 0 radical (unpaired) electrons. The predicted molar refractivity (Wildman–Crippen MR) is 67.7 cm³/mol. The van der Waals surface area contributed by atoms with Gasteiger partial charge in [-0.25, -0.2) is 14.4 Å². The zero-order valence-corrected chi connectivity index (χ0v) is 11.8. The lowest BCUT2D eigenvalue weighted by Gasteiger charge is -2.14. The summed E-state index contributed by atoms with van der Waals surface area (Å²) in [5, 5.41) is 11.6.